The molecule has 7 nitrogen and oxygen atoms in total. The van der Waals surface area contributed by atoms with Crippen LogP contribution in [-0.4, -0.2) is 45.6 Å². The monoisotopic (exact) mass is 585 g/mol. The first-order chi connectivity index (χ1) is 17.7. The Morgan fingerprint density at radius 3 is 2.05 bits per heavy atom. The van der Waals surface area contributed by atoms with E-state index in [1.807, 2.05) is 60.7 Å². The second-order valence-electron chi connectivity index (χ2n) is 8.92. The third kappa shape index (κ3) is 5.98. The van der Waals surface area contributed by atoms with Crippen LogP contribution in [0.5, 0.6) is 0 Å². The Hall–Kier alpha value is -2.93. The lowest BCUT2D eigenvalue weighted by Crippen LogP contribution is -2.43. The van der Waals surface area contributed by atoms with Crippen molar-refractivity contribution in [1.29, 1.82) is 0 Å². The van der Waals surface area contributed by atoms with Crippen molar-refractivity contribution in [3.8, 4) is 11.1 Å². The minimum atomic E-state index is -2.86. The van der Waals surface area contributed by atoms with Gasteiger partial charge in [-0.05, 0) is 33.4 Å². The first-order valence-electron chi connectivity index (χ1n) is 11.8. The van der Waals surface area contributed by atoms with Gasteiger partial charge in [-0.15, -0.1) is 0 Å². The fourth-order valence-electron chi connectivity index (χ4n) is 4.53. The number of benzene rings is 3. The number of fused-ring (bicyclic) bond motifs is 3. The number of alkyl carbamates (subject to hydrolysis) is 1. The SMILES string of the molecule is COC(=O)[C@H](Cc1ccc(C(Br)P(C)(=O)OC)cc1)NC(=O)OCC1c2ccccc2-c2ccccc21. The minimum Gasteiger partial charge on any atom is -0.467 e. The number of esters is 1. The van der Waals surface area contributed by atoms with Crippen LogP contribution >= 0.6 is 23.3 Å². The number of rotatable bonds is 9. The molecule has 0 saturated heterocycles. The summed E-state index contributed by atoms with van der Waals surface area (Å²) in [6, 6.07) is 22.5. The fraction of sp³-hybridized carbons (Fsp3) is 0.286. The molecule has 3 aromatic carbocycles. The van der Waals surface area contributed by atoms with E-state index in [2.05, 4.69) is 33.4 Å². The van der Waals surface area contributed by atoms with E-state index >= 15 is 0 Å². The molecule has 9 heteroatoms. The van der Waals surface area contributed by atoms with Crippen molar-refractivity contribution in [1.82, 2.24) is 5.32 Å². The number of halogens is 1. The molecule has 0 heterocycles. The van der Waals surface area contributed by atoms with E-state index < -0.39 is 30.0 Å². The van der Waals surface area contributed by atoms with Crippen molar-refractivity contribution >= 4 is 35.4 Å². The van der Waals surface area contributed by atoms with Crippen molar-refractivity contribution in [2.24, 2.45) is 0 Å². The molecular weight excluding hydrogens is 557 g/mol. The van der Waals surface area contributed by atoms with Gasteiger partial charge in [0.25, 0.3) is 0 Å². The zero-order valence-electron chi connectivity index (χ0n) is 20.8. The summed E-state index contributed by atoms with van der Waals surface area (Å²) >= 11 is 3.44. The normalized spacial score (nSPS) is 15.6. The lowest BCUT2D eigenvalue weighted by atomic mass is 9.98. The van der Waals surface area contributed by atoms with Crippen molar-refractivity contribution < 1.29 is 28.2 Å². The Morgan fingerprint density at radius 2 is 1.51 bits per heavy atom. The van der Waals surface area contributed by atoms with E-state index in [0.29, 0.717) is 0 Å². The van der Waals surface area contributed by atoms with Crippen LogP contribution < -0.4 is 5.32 Å². The van der Waals surface area contributed by atoms with E-state index in [1.54, 1.807) is 6.66 Å². The zero-order chi connectivity index (χ0) is 26.6. The molecule has 4 rings (SSSR count). The molecule has 3 atom stereocenters. The molecule has 194 valence electrons. The first-order valence-corrected chi connectivity index (χ1v) is 14.9. The van der Waals surface area contributed by atoms with Gasteiger partial charge in [0.2, 0.25) is 7.37 Å². The summed E-state index contributed by atoms with van der Waals surface area (Å²) in [6.45, 7) is 1.71. The lowest BCUT2D eigenvalue weighted by molar-refractivity contribution is -0.143. The molecule has 0 aromatic heterocycles. The Balaban J connectivity index is 1.41. The molecule has 1 aliphatic rings. The van der Waals surface area contributed by atoms with Crippen LogP contribution in [0.2, 0.25) is 0 Å². The second-order valence-corrected chi connectivity index (χ2v) is 13.2. The third-order valence-electron chi connectivity index (χ3n) is 6.59. The van der Waals surface area contributed by atoms with Crippen molar-refractivity contribution in [3.63, 3.8) is 0 Å². The Labute approximate surface area is 225 Å². The molecule has 1 aliphatic carbocycles. The number of nitrogens with one attached hydrogen (secondary N) is 1. The number of methoxy groups -OCH3 is 1. The topological polar surface area (TPSA) is 90.9 Å². The second kappa shape index (κ2) is 11.6. The van der Waals surface area contributed by atoms with Crippen molar-refractivity contribution in [2.75, 3.05) is 27.5 Å². The molecule has 2 unspecified atom stereocenters. The highest BCUT2D eigenvalue weighted by atomic mass is 79.9. The van der Waals surface area contributed by atoms with Gasteiger partial charge in [-0.25, -0.2) is 9.59 Å². The molecule has 0 radical (unpaired) electrons. The Bertz CT molecular complexity index is 1280. The largest absolute Gasteiger partial charge is 0.467 e. The predicted molar refractivity (Wildman–Crippen MR) is 146 cm³/mol. The predicted octanol–water partition coefficient (Wildman–Crippen LogP) is 6.26. The number of amides is 1. The maximum absolute atomic E-state index is 12.7. The van der Waals surface area contributed by atoms with Crippen LogP contribution in [0.25, 0.3) is 11.1 Å². The summed E-state index contributed by atoms with van der Waals surface area (Å²) in [7, 11) is -0.167. The van der Waals surface area contributed by atoms with E-state index in [-0.39, 0.29) is 18.9 Å². The summed E-state index contributed by atoms with van der Waals surface area (Å²) in [6.07, 6.45) is -0.487. The van der Waals surface area contributed by atoms with Gasteiger partial charge < -0.3 is 19.3 Å². The average Bonchev–Trinajstić information content (AvgIpc) is 3.24. The fourth-order valence-corrected chi connectivity index (χ4v) is 6.24. The van der Waals surface area contributed by atoms with Gasteiger partial charge >= 0.3 is 12.1 Å². The van der Waals surface area contributed by atoms with Gasteiger partial charge in [0.1, 0.15) is 17.2 Å². The molecule has 0 aliphatic heterocycles. The maximum atomic E-state index is 12.7. The van der Waals surface area contributed by atoms with Gasteiger partial charge in [0.15, 0.2) is 0 Å². The van der Waals surface area contributed by atoms with E-state index in [0.717, 1.165) is 33.4 Å². The molecule has 0 saturated carbocycles. The highest BCUT2D eigenvalue weighted by Crippen LogP contribution is 2.59. The van der Waals surface area contributed by atoms with Gasteiger partial charge in [-0.3, -0.25) is 4.57 Å². The van der Waals surface area contributed by atoms with Crippen LogP contribution in [-0.2, 0) is 29.8 Å². The number of hydrogen-bond acceptors (Lipinski definition) is 6. The van der Waals surface area contributed by atoms with Crippen LogP contribution in [0.4, 0.5) is 4.79 Å². The maximum Gasteiger partial charge on any atom is 0.407 e. The Kier molecular flexibility index (Phi) is 8.53. The lowest BCUT2D eigenvalue weighted by Gasteiger charge is -2.20. The molecular formula is C28H29BrNO6P. The molecule has 0 bridgehead atoms. The molecule has 3 aromatic rings. The van der Waals surface area contributed by atoms with Gasteiger partial charge in [-0.1, -0.05) is 88.7 Å². The number of carbonyl (C=O) groups is 2. The van der Waals surface area contributed by atoms with E-state index in [9.17, 15) is 14.2 Å². The summed E-state index contributed by atoms with van der Waals surface area (Å²) in [5.41, 5.74) is 6.07. The highest BCUT2D eigenvalue weighted by molar-refractivity contribution is 9.10. The summed E-state index contributed by atoms with van der Waals surface area (Å²) in [5.74, 6) is -0.658. The quantitative estimate of drug-likeness (QED) is 0.181. The molecule has 0 fully saturated rings. The van der Waals surface area contributed by atoms with Gasteiger partial charge in [0, 0.05) is 26.1 Å². The van der Waals surface area contributed by atoms with Crippen molar-refractivity contribution in [2.45, 2.75) is 22.9 Å². The molecule has 0 spiro atoms. The minimum absolute atomic E-state index is 0.0823. The van der Waals surface area contributed by atoms with Gasteiger partial charge in [0.05, 0.1) is 7.11 Å². The number of carbonyl (C=O) groups excluding carboxylic acids is 2. The van der Waals surface area contributed by atoms with E-state index in [4.69, 9.17) is 14.0 Å². The van der Waals surface area contributed by atoms with Crippen LogP contribution in [0.1, 0.15) is 32.7 Å². The smallest absolute Gasteiger partial charge is 0.407 e. The van der Waals surface area contributed by atoms with E-state index in [1.165, 1.54) is 14.2 Å². The molecule has 1 amide bonds. The standard InChI is InChI=1S/C28H29BrNO6P/c1-34-27(31)25(16-18-12-14-19(15-13-18)26(29)37(3,33)35-2)30-28(32)36-17-24-22-10-6-4-8-20(22)21-9-5-7-11-23(21)24/h4-15,24-26H,16-17H2,1-3H3,(H,30,32)/t25-,26?,37?/m0/s1. The average molecular weight is 586 g/mol. The van der Waals surface area contributed by atoms with Crippen LogP contribution in [0.15, 0.2) is 72.8 Å². The Morgan fingerprint density at radius 1 is 0.946 bits per heavy atom. The third-order valence-corrected chi connectivity index (χ3v) is 11.2. The van der Waals surface area contributed by atoms with Crippen LogP contribution in [0, 0.1) is 0 Å². The van der Waals surface area contributed by atoms with Gasteiger partial charge in [-0.2, -0.15) is 0 Å². The van der Waals surface area contributed by atoms with Crippen LogP contribution in [0.3, 0.4) is 0 Å². The summed E-state index contributed by atoms with van der Waals surface area (Å²) in [4.78, 5) is 25.2. The first kappa shape index (κ1) is 27.1. The molecule has 37 heavy (non-hydrogen) atoms. The van der Waals surface area contributed by atoms with Crippen molar-refractivity contribution in [3.05, 3.63) is 95.1 Å². The number of alkyl halides is 1. The summed E-state index contributed by atoms with van der Waals surface area (Å²) in [5, 5.41) is 2.65. The zero-order valence-corrected chi connectivity index (χ0v) is 23.3. The number of ether oxygens (including phenoxy) is 2. The molecule has 1 N–H and O–H groups in total. The summed E-state index contributed by atoms with van der Waals surface area (Å²) < 4.78 is 27.7. The highest BCUT2D eigenvalue weighted by Gasteiger charge is 2.30. The number of hydrogen-bond donors (Lipinski definition) is 1.